The Morgan fingerprint density at radius 3 is 2.86 bits per heavy atom. The van der Waals surface area contributed by atoms with Gasteiger partial charge in [0.1, 0.15) is 0 Å². The van der Waals surface area contributed by atoms with E-state index in [0.29, 0.717) is 24.3 Å². The third kappa shape index (κ3) is 5.39. The molecule has 2 aliphatic rings. The van der Waals surface area contributed by atoms with Gasteiger partial charge in [-0.25, -0.2) is 0 Å². The highest BCUT2D eigenvalue weighted by molar-refractivity contribution is 5.78. The molecule has 0 aliphatic carbocycles. The molecule has 1 amide bonds. The molecular formula is C21H30N6O2. The van der Waals surface area contributed by atoms with Crippen LogP contribution in [0.3, 0.4) is 0 Å². The van der Waals surface area contributed by atoms with Crippen molar-refractivity contribution in [1.82, 2.24) is 30.2 Å². The first-order valence-corrected chi connectivity index (χ1v) is 10.6. The van der Waals surface area contributed by atoms with E-state index in [0.717, 1.165) is 58.4 Å². The molecule has 156 valence electrons. The number of nitrogens with one attached hydrogen (secondary N) is 1. The first-order chi connectivity index (χ1) is 14.2. The van der Waals surface area contributed by atoms with Gasteiger partial charge in [-0.2, -0.15) is 4.98 Å². The molecule has 0 unspecified atom stereocenters. The predicted molar refractivity (Wildman–Crippen MR) is 108 cm³/mol. The van der Waals surface area contributed by atoms with E-state index in [2.05, 4.69) is 36.3 Å². The summed E-state index contributed by atoms with van der Waals surface area (Å²) in [6, 6.07) is 4.72. The topological polar surface area (TPSA) is 87.4 Å². The predicted octanol–water partition coefficient (Wildman–Crippen LogP) is 1.77. The maximum atomic E-state index is 12.6. The van der Waals surface area contributed by atoms with E-state index in [9.17, 15) is 4.79 Å². The molecule has 1 atom stereocenters. The number of aromatic nitrogens is 3. The molecule has 29 heavy (non-hydrogen) atoms. The van der Waals surface area contributed by atoms with Crippen LogP contribution in [0.15, 0.2) is 29.0 Å². The van der Waals surface area contributed by atoms with E-state index in [1.165, 1.54) is 5.56 Å². The van der Waals surface area contributed by atoms with Gasteiger partial charge in [0.05, 0.1) is 12.5 Å². The summed E-state index contributed by atoms with van der Waals surface area (Å²) >= 11 is 0. The molecule has 8 heteroatoms. The molecule has 0 radical (unpaired) electrons. The minimum Gasteiger partial charge on any atom is -0.348 e. The lowest BCUT2D eigenvalue weighted by Crippen LogP contribution is -2.50. The molecule has 0 bridgehead atoms. The molecular weight excluding hydrogens is 368 g/mol. The molecule has 4 heterocycles. The second-order valence-corrected chi connectivity index (χ2v) is 8.15. The fourth-order valence-electron chi connectivity index (χ4n) is 4.47. The van der Waals surface area contributed by atoms with Crippen molar-refractivity contribution in [3.63, 3.8) is 0 Å². The summed E-state index contributed by atoms with van der Waals surface area (Å²) in [6.45, 7) is 7.21. The number of rotatable bonds is 6. The Hall–Kier alpha value is -2.32. The maximum Gasteiger partial charge on any atom is 0.224 e. The van der Waals surface area contributed by atoms with Crippen molar-refractivity contribution in [2.75, 3.05) is 26.2 Å². The molecule has 2 aromatic heterocycles. The number of amides is 1. The number of hydrogen-bond donors (Lipinski definition) is 1. The van der Waals surface area contributed by atoms with E-state index in [1.807, 2.05) is 18.5 Å². The van der Waals surface area contributed by atoms with E-state index < -0.39 is 0 Å². The van der Waals surface area contributed by atoms with Crippen molar-refractivity contribution in [3.05, 3.63) is 41.8 Å². The Morgan fingerprint density at radius 2 is 2.14 bits per heavy atom. The number of carbonyl (C=O) groups excluding carboxylic acids is 1. The van der Waals surface area contributed by atoms with Crippen LogP contribution in [-0.2, 0) is 17.9 Å². The molecule has 2 saturated heterocycles. The van der Waals surface area contributed by atoms with Gasteiger partial charge in [-0.1, -0.05) is 11.2 Å². The molecule has 0 spiro atoms. The van der Waals surface area contributed by atoms with Gasteiger partial charge in [-0.3, -0.25) is 19.6 Å². The van der Waals surface area contributed by atoms with Crippen LogP contribution in [0.1, 0.15) is 43.0 Å². The Kier molecular flexibility index (Phi) is 6.51. The zero-order chi connectivity index (χ0) is 20.1. The van der Waals surface area contributed by atoms with Crippen LogP contribution in [0.5, 0.6) is 0 Å². The number of likely N-dealkylation sites (tertiary alicyclic amines) is 2. The molecule has 2 fully saturated rings. The van der Waals surface area contributed by atoms with Crippen molar-refractivity contribution < 1.29 is 9.32 Å². The normalized spacial score (nSPS) is 21.9. The summed E-state index contributed by atoms with van der Waals surface area (Å²) in [6.07, 6.45) is 8.13. The summed E-state index contributed by atoms with van der Waals surface area (Å²) in [5, 5.41) is 6.81. The summed E-state index contributed by atoms with van der Waals surface area (Å²) < 4.78 is 4.96. The monoisotopic (exact) mass is 398 g/mol. The van der Waals surface area contributed by atoms with Crippen LogP contribution < -0.4 is 5.32 Å². The molecule has 2 aromatic rings. The summed E-state index contributed by atoms with van der Waals surface area (Å²) in [7, 11) is 0. The van der Waals surface area contributed by atoms with Crippen LogP contribution in [0.2, 0.25) is 0 Å². The van der Waals surface area contributed by atoms with E-state index >= 15 is 0 Å². The largest absolute Gasteiger partial charge is 0.348 e. The van der Waals surface area contributed by atoms with Gasteiger partial charge in [0.15, 0.2) is 5.82 Å². The number of pyridine rings is 1. The van der Waals surface area contributed by atoms with Crippen molar-refractivity contribution in [1.29, 1.82) is 0 Å². The first kappa shape index (κ1) is 20.0. The van der Waals surface area contributed by atoms with Gasteiger partial charge < -0.3 is 9.84 Å². The average Bonchev–Trinajstić information content (AvgIpc) is 3.18. The summed E-state index contributed by atoms with van der Waals surface area (Å²) in [5.74, 6) is 1.20. The minimum absolute atomic E-state index is 0.0465. The Bertz CT molecular complexity index is 787. The number of piperidine rings is 2. The van der Waals surface area contributed by atoms with Gasteiger partial charge in [0.25, 0.3) is 0 Å². The lowest BCUT2D eigenvalue weighted by Gasteiger charge is -2.42. The number of hydrogen-bond acceptors (Lipinski definition) is 7. The van der Waals surface area contributed by atoms with Crippen LogP contribution in [-0.4, -0.2) is 63.1 Å². The fourth-order valence-corrected chi connectivity index (χ4v) is 4.47. The maximum absolute atomic E-state index is 12.6. The highest BCUT2D eigenvalue weighted by Crippen LogP contribution is 2.24. The number of aryl methyl sites for hydroxylation is 1. The van der Waals surface area contributed by atoms with Crippen LogP contribution in [0.4, 0.5) is 0 Å². The second kappa shape index (κ2) is 9.45. The Balaban J connectivity index is 1.23. The lowest BCUT2D eigenvalue weighted by atomic mass is 9.93. The molecule has 2 aliphatic heterocycles. The van der Waals surface area contributed by atoms with Gasteiger partial charge >= 0.3 is 0 Å². The average molecular weight is 399 g/mol. The van der Waals surface area contributed by atoms with E-state index in [-0.39, 0.29) is 11.8 Å². The molecule has 0 aromatic carbocycles. The fraction of sp³-hybridized carbons (Fsp3) is 0.619. The highest BCUT2D eigenvalue weighted by Gasteiger charge is 2.31. The van der Waals surface area contributed by atoms with Crippen molar-refractivity contribution >= 4 is 5.91 Å². The Morgan fingerprint density at radius 1 is 1.28 bits per heavy atom. The Labute approximate surface area is 171 Å². The van der Waals surface area contributed by atoms with Crippen LogP contribution >= 0.6 is 0 Å². The lowest BCUT2D eigenvalue weighted by molar-refractivity contribution is -0.127. The summed E-state index contributed by atoms with van der Waals surface area (Å²) in [5.41, 5.74) is 1.28. The van der Waals surface area contributed by atoms with Crippen molar-refractivity contribution in [2.45, 2.75) is 51.7 Å². The number of nitrogens with zero attached hydrogens (tertiary/aromatic N) is 5. The quantitative estimate of drug-likeness (QED) is 0.793. The molecule has 0 saturated carbocycles. The smallest absolute Gasteiger partial charge is 0.224 e. The van der Waals surface area contributed by atoms with E-state index in [4.69, 9.17) is 4.52 Å². The van der Waals surface area contributed by atoms with Gasteiger partial charge in [-0.05, 0) is 56.9 Å². The third-order valence-corrected chi connectivity index (χ3v) is 6.02. The van der Waals surface area contributed by atoms with Gasteiger partial charge in [0, 0.05) is 38.4 Å². The summed E-state index contributed by atoms with van der Waals surface area (Å²) in [4.78, 5) is 26.0. The molecule has 8 nitrogen and oxygen atoms in total. The zero-order valence-corrected chi connectivity index (χ0v) is 17.1. The molecule has 4 rings (SSSR count). The zero-order valence-electron chi connectivity index (χ0n) is 17.1. The SMILES string of the molecule is Cc1nc(CNC(=O)[C@H]2CCCN(C3CCN(Cc4cccnc4)CC3)C2)no1. The first-order valence-electron chi connectivity index (χ1n) is 10.6. The highest BCUT2D eigenvalue weighted by atomic mass is 16.5. The molecule has 1 N–H and O–H groups in total. The number of carbonyl (C=O) groups is 1. The second-order valence-electron chi connectivity index (χ2n) is 8.15. The standard InChI is InChI=1S/C21H30N6O2/c1-16-24-20(25-29-16)13-23-21(28)18-5-3-9-27(15-18)19-6-10-26(11-7-19)14-17-4-2-8-22-12-17/h2,4,8,12,18-19H,3,5-7,9-11,13-15H2,1H3,(H,23,28)/t18-/m0/s1. The van der Waals surface area contributed by atoms with Crippen LogP contribution in [0, 0.1) is 12.8 Å². The van der Waals surface area contributed by atoms with Crippen molar-refractivity contribution in [2.24, 2.45) is 5.92 Å². The van der Waals surface area contributed by atoms with Gasteiger partial charge in [0.2, 0.25) is 11.8 Å². The third-order valence-electron chi connectivity index (χ3n) is 6.02. The van der Waals surface area contributed by atoms with E-state index in [1.54, 1.807) is 6.92 Å². The minimum atomic E-state index is 0.0465. The van der Waals surface area contributed by atoms with Crippen LogP contribution in [0.25, 0.3) is 0 Å². The van der Waals surface area contributed by atoms with Crippen molar-refractivity contribution in [3.8, 4) is 0 Å². The van der Waals surface area contributed by atoms with Gasteiger partial charge in [-0.15, -0.1) is 0 Å².